The number of amides is 1. The number of anilines is 5. The van der Waals surface area contributed by atoms with Crippen LogP contribution in [-0.4, -0.2) is 44.3 Å². The molecule has 144 valence electrons. The van der Waals surface area contributed by atoms with Crippen LogP contribution in [0.2, 0.25) is 0 Å². The Morgan fingerprint density at radius 1 is 1.21 bits per heavy atom. The molecule has 9 heteroatoms. The second-order valence-electron chi connectivity index (χ2n) is 6.63. The molecule has 0 radical (unpaired) electrons. The molecule has 2 aromatic heterocycles. The van der Waals surface area contributed by atoms with E-state index >= 15 is 0 Å². The number of fused-ring (bicyclic) bond motifs is 1. The molecule has 0 saturated carbocycles. The maximum absolute atomic E-state index is 12.0. The molecular formula is C19H21N7O2. The van der Waals surface area contributed by atoms with Crippen LogP contribution in [0.5, 0.6) is 0 Å². The first-order valence-electron chi connectivity index (χ1n) is 9.04. The third-order valence-corrected chi connectivity index (χ3v) is 4.51. The zero-order valence-corrected chi connectivity index (χ0v) is 15.4. The number of nitrogens with zero attached hydrogens (tertiary/aromatic N) is 4. The standard InChI is InChI=1S/C19H21N7O2/c1-12-7-16(25-24-12)22-18-10-20-9-17(23-18)21-14-5-4-13-3-2-6-26(15(13)8-14)19(28)11-27/h4-5,7-10,27H,2-3,6,11H2,1H3,(H3,21,22,23,24,25). The maximum atomic E-state index is 12.0. The average Bonchev–Trinajstić information content (AvgIpc) is 3.11. The van der Waals surface area contributed by atoms with Gasteiger partial charge < -0.3 is 20.6 Å². The molecule has 0 fully saturated rings. The van der Waals surface area contributed by atoms with E-state index in [0.29, 0.717) is 24.0 Å². The van der Waals surface area contributed by atoms with Crippen LogP contribution in [0.25, 0.3) is 0 Å². The van der Waals surface area contributed by atoms with Gasteiger partial charge in [0.25, 0.3) is 5.91 Å². The minimum Gasteiger partial charge on any atom is -0.387 e. The summed E-state index contributed by atoms with van der Waals surface area (Å²) < 4.78 is 0. The van der Waals surface area contributed by atoms with Gasteiger partial charge in [-0.05, 0) is 37.5 Å². The minimum absolute atomic E-state index is 0.293. The molecule has 0 bridgehead atoms. The van der Waals surface area contributed by atoms with Gasteiger partial charge in [0, 0.05) is 29.7 Å². The molecule has 1 aromatic carbocycles. The number of carbonyl (C=O) groups excluding carboxylic acids is 1. The van der Waals surface area contributed by atoms with Gasteiger partial charge in [-0.1, -0.05) is 6.07 Å². The summed E-state index contributed by atoms with van der Waals surface area (Å²) in [5.41, 5.74) is 3.65. The average molecular weight is 379 g/mol. The fraction of sp³-hybridized carbons (Fsp3) is 0.263. The van der Waals surface area contributed by atoms with Crippen LogP contribution < -0.4 is 15.5 Å². The van der Waals surface area contributed by atoms with Gasteiger partial charge in [0.2, 0.25) is 0 Å². The number of hydrogen-bond donors (Lipinski definition) is 4. The molecule has 9 nitrogen and oxygen atoms in total. The molecule has 0 atom stereocenters. The number of aryl methyl sites for hydroxylation is 2. The Labute approximate surface area is 161 Å². The number of hydrogen-bond acceptors (Lipinski definition) is 7. The van der Waals surface area contributed by atoms with Crippen LogP contribution in [0.15, 0.2) is 36.7 Å². The number of aliphatic hydroxyl groups is 1. The van der Waals surface area contributed by atoms with E-state index in [0.717, 1.165) is 35.5 Å². The van der Waals surface area contributed by atoms with Crippen LogP contribution in [0, 0.1) is 6.92 Å². The number of benzene rings is 1. The van der Waals surface area contributed by atoms with Crippen LogP contribution in [-0.2, 0) is 11.2 Å². The predicted octanol–water partition coefficient (Wildman–Crippen LogP) is 2.27. The number of rotatable bonds is 5. The summed E-state index contributed by atoms with van der Waals surface area (Å²) in [5.74, 6) is 1.49. The van der Waals surface area contributed by atoms with E-state index in [1.54, 1.807) is 17.3 Å². The molecular weight excluding hydrogens is 358 g/mol. The van der Waals surface area contributed by atoms with Crippen molar-refractivity contribution in [3.8, 4) is 0 Å². The summed E-state index contributed by atoms with van der Waals surface area (Å²) in [6.07, 6.45) is 5.03. The van der Waals surface area contributed by atoms with E-state index in [4.69, 9.17) is 0 Å². The number of H-pyrrole nitrogens is 1. The van der Waals surface area contributed by atoms with Crippen molar-refractivity contribution in [1.82, 2.24) is 20.2 Å². The third kappa shape index (κ3) is 3.79. The van der Waals surface area contributed by atoms with Gasteiger partial charge in [-0.2, -0.15) is 5.10 Å². The first kappa shape index (κ1) is 17.9. The van der Waals surface area contributed by atoms with E-state index in [1.165, 1.54) is 0 Å². The zero-order chi connectivity index (χ0) is 19.5. The fourth-order valence-corrected chi connectivity index (χ4v) is 3.24. The molecule has 0 spiro atoms. The molecule has 4 rings (SSSR count). The molecule has 1 aliphatic rings. The van der Waals surface area contributed by atoms with Gasteiger partial charge in [-0.15, -0.1) is 0 Å². The summed E-state index contributed by atoms with van der Waals surface area (Å²) in [6, 6.07) is 7.72. The predicted molar refractivity (Wildman–Crippen MR) is 106 cm³/mol. The molecule has 4 N–H and O–H groups in total. The van der Waals surface area contributed by atoms with E-state index in [-0.39, 0.29) is 5.91 Å². The molecule has 1 amide bonds. The first-order valence-corrected chi connectivity index (χ1v) is 9.04. The zero-order valence-electron chi connectivity index (χ0n) is 15.4. The van der Waals surface area contributed by atoms with Crippen molar-refractivity contribution in [1.29, 1.82) is 0 Å². The van der Waals surface area contributed by atoms with Crippen molar-refractivity contribution in [3.05, 3.63) is 47.9 Å². The van der Waals surface area contributed by atoms with Crippen molar-refractivity contribution in [3.63, 3.8) is 0 Å². The second-order valence-corrected chi connectivity index (χ2v) is 6.63. The highest BCUT2D eigenvalue weighted by molar-refractivity contribution is 5.96. The Bertz CT molecular complexity index is 1000. The lowest BCUT2D eigenvalue weighted by atomic mass is 10.0. The molecule has 3 aromatic rings. The lowest BCUT2D eigenvalue weighted by molar-refractivity contribution is -0.121. The molecule has 28 heavy (non-hydrogen) atoms. The summed E-state index contributed by atoms with van der Waals surface area (Å²) in [5, 5.41) is 22.5. The number of aromatic amines is 1. The van der Waals surface area contributed by atoms with E-state index in [9.17, 15) is 9.90 Å². The Kier molecular flexibility index (Phi) is 4.90. The van der Waals surface area contributed by atoms with Crippen LogP contribution in [0.1, 0.15) is 17.7 Å². The minimum atomic E-state index is -0.497. The lowest BCUT2D eigenvalue weighted by Gasteiger charge is -2.29. The quantitative estimate of drug-likeness (QED) is 0.537. The molecule has 3 heterocycles. The van der Waals surface area contributed by atoms with Gasteiger partial charge in [0.1, 0.15) is 6.61 Å². The number of aliphatic hydroxyl groups excluding tert-OH is 1. The van der Waals surface area contributed by atoms with E-state index in [1.807, 2.05) is 31.2 Å². The van der Waals surface area contributed by atoms with Crippen LogP contribution >= 0.6 is 0 Å². The van der Waals surface area contributed by atoms with Gasteiger partial charge in [-0.25, -0.2) is 4.98 Å². The van der Waals surface area contributed by atoms with Crippen molar-refractivity contribution in [2.75, 3.05) is 28.7 Å². The molecule has 0 aliphatic carbocycles. The summed E-state index contributed by atoms with van der Waals surface area (Å²) in [4.78, 5) is 22.4. The SMILES string of the molecule is Cc1cc(Nc2cncc(Nc3ccc4c(c3)N(C(=O)CO)CCC4)n2)n[nH]1. The monoisotopic (exact) mass is 379 g/mol. The number of aromatic nitrogens is 4. The van der Waals surface area contributed by atoms with Gasteiger partial charge in [0.15, 0.2) is 17.5 Å². The van der Waals surface area contributed by atoms with Crippen LogP contribution in [0.3, 0.4) is 0 Å². The highest BCUT2D eigenvalue weighted by Gasteiger charge is 2.22. The first-order chi connectivity index (χ1) is 13.6. The maximum Gasteiger partial charge on any atom is 0.252 e. The number of nitrogens with one attached hydrogen (secondary N) is 3. The van der Waals surface area contributed by atoms with Crippen molar-refractivity contribution in [2.24, 2.45) is 0 Å². The highest BCUT2D eigenvalue weighted by atomic mass is 16.3. The van der Waals surface area contributed by atoms with Crippen molar-refractivity contribution in [2.45, 2.75) is 19.8 Å². The van der Waals surface area contributed by atoms with Crippen LogP contribution in [0.4, 0.5) is 28.8 Å². The summed E-state index contributed by atoms with van der Waals surface area (Å²) in [7, 11) is 0. The molecule has 0 saturated heterocycles. The fourth-order valence-electron chi connectivity index (χ4n) is 3.24. The highest BCUT2D eigenvalue weighted by Crippen LogP contribution is 2.31. The topological polar surface area (TPSA) is 119 Å². The van der Waals surface area contributed by atoms with Crippen molar-refractivity contribution < 1.29 is 9.90 Å². The Morgan fingerprint density at radius 3 is 2.79 bits per heavy atom. The van der Waals surface area contributed by atoms with Gasteiger partial charge >= 0.3 is 0 Å². The largest absolute Gasteiger partial charge is 0.387 e. The smallest absolute Gasteiger partial charge is 0.252 e. The molecule has 0 unspecified atom stereocenters. The summed E-state index contributed by atoms with van der Waals surface area (Å²) >= 11 is 0. The van der Waals surface area contributed by atoms with Gasteiger partial charge in [0.05, 0.1) is 12.4 Å². The van der Waals surface area contributed by atoms with Crippen molar-refractivity contribution >= 4 is 34.7 Å². The Morgan fingerprint density at radius 2 is 2.04 bits per heavy atom. The van der Waals surface area contributed by atoms with Gasteiger partial charge in [-0.3, -0.25) is 14.9 Å². The number of carbonyl (C=O) groups is 1. The van der Waals surface area contributed by atoms with E-state index < -0.39 is 6.61 Å². The molecule has 1 aliphatic heterocycles. The second kappa shape index (κ2) is 7.65. The normalized spacial score (nSPS) is 13.1. The Balaban J connectivity index is 1.54. The third-order valence-electron chi connectivity index (χ3n) is 4.51. The lowest BCUT2D eigenvalue weighted by Crippen LogP contribution is -2.37. The summed E-state index contributed by atoms with van der Waals surface area (Å²) in [6.45, 7) is 2.03. The van der Waals surface area contributed by atoms with E-state index in [2.05, 4.69) is 30.8 Å². The Hall–Kier alpha value is -3.46.